The topological polar surface area (TPSA) is 66.8 Å². The van der Waals surface area contributed by atoms with Crippen LogP contribution in [0.2, 0.25) is 0 Å². The molecule has 0 bridgehead atoms. The first-order valence-corrected chi connectivity index (χ1v) is 7.77. The van der Waals surface area contributed by atoms with Gasteiger partial charge < -0.3 is 14.7 Å². The SMILES string of the molecule is CC(Oc1ccc(F)cc1Br)C(=O)N(C1CC1)C(C)C(=O)O. The van der Waals surface area contributed by atoms with Crippen molar-refractivity contribution in [2.75, 3.05) is 0 Å². The van der Waals surface area contributed by atoms with Crippen molar-refractivity contribution in [3.63, 3.8) is 0 Å². The van der Waals surface area contributed by atoms with Crippen molar-refractivity contribution in [1.82, 2.24) is 4.90 Å². The smallest absolute Gasteiger partial charge is 0.326 e. The zero-order chi connectivity index (χ0) is 16.4. The molecule has 5 nitrogen and oxygen atoms in total. The van der Waals surface area contributed by atoms with Crippen molar-refractivity contribution in [1.29, 1.82) is 0 Å². The van der Waals surface area contributed by atoms with Crippen molar-refractivity contribution >= 4 is 27.8 Å². The summed E-state index contributed by atoms with van der Waals surface area (Å²) in [7, 11) is 0. The van der Waals surface area contributed by atoms with E-state index >= 15 is 0 Å². The molecule has 1 aliphatic carbocycles. The van der Waals surface area contributed by atoms with Crippen LogP contribution < -0.4 is 4.74 Å². The fourth-order valence-electron chi connectivity index (χ4n) is 2.18. The highest BCUT2D eigenvalue weighted by Gasteiger charge is 2.40. The Hall–Kier alpha value is -1.63. The molecule has 1 saturated carbocycles. The average Bonchev–Trinajstić information content (AvgIpc) is 3.26. The van der Waals surface area contributed by atoms with Gasteiger partial charge in [-0.3, -0.25) is 4.79 Å². The molecule has 120 valence electrons. The van der Waals surface area contributed by atoms with E-state index in [1.54, 1.807) is 6.92 Å². The number of hydrogen-bond acceptors (Lipinski definition) is 3. The number of benzene rings is 1. The monoisotopic (exact) mass is 373 g/mol. The molecule has 2 unspecified atom stereocenters. The van der Waals surface area contributed by atoms with Crippen LogP contribution in [0.4, 0.5) is 4.39 Å². The lowest BCUT2D eigenvalue weighted by molar-refractivity contribution is -0.153. The van der Waals surface area contributed by atoms with E-state index in [0.717, 1.165) is 12.8 Å². The molecule has 1 amide bonds. The maximum absolute atomic E-state index is 13.1. The number of amides is 1. The van der Waals surface area contributed by atoms with Gasteiger partial charge in [-0.25, -0.2) is 9.18 Å². The predicted molar refractivity (Wildman–Crippen MR) is 81.2 cm³/mol. The molecule has 1 N–H and O–H groups in total. The molecule has 7 heteroatoms. The van der Waals surface area contributed by atoms with Crippen LogP contribution in [0.5, 0.6) is 5.75 Å². The van der Waals surface area contributed by atoms with E-state index < -0.39 is 23.9 Å². The summed E-state index contributed by atoms with van der Waals surface area (Å²) in [5, 5.41) is 9.14. The Bertz CT molecular complexity index is 591. The summed E-state index contributed by atoms with van der Waals surface area (Å²) in [6.45, 7) is 3.04. The lowest BCUT2D eigenvalue weighted by Gasteiger charge is -2.29. The zero-order valence-electron chi connectivity index (χ0n) is 12.3. The number of halogens is 2. The molecule has 0 saturated heterocycles. The molecule has 0 radical (unpaired) electrons. The Morgan fingerprint density at radius 3 is 2.55 bits per heavy atom. The van der Waals surface area contributed by atoms with Gasteiger partial charge in [0.15, 0.2) is 6.10 Å². The lowest BCUT2D eigenvalue weighted by atomic mass is 10.2. The number of rotatable bonds is 6. The second kappa shape index (κ2) is 6.64. The minimum Gasteiger partial charge on any atom is -0.480 e. The fraction of sp³-hybridized carbons (Fsp3) is 0.467. The first-order chi connectivity index (χ1) is 10.3. The van der Waals surface area contributed by atoms with Gasteiger partial charge in [0.25, 0.3) is 5.91 Å². The standard InChI is InChI=1S/C15H17BrFNO4/c1-8(15(20)21)18(11-4-5-11)14(19)9(2)22-13-6-3-10(17)7-12(13)16/h3,6-9,11H,4-5H2,1-2H3,(H,20,21). The summed E-state index contributed by atoms with van der Waals surface area (Å²) in [6.07, 6.45) is 0.747. The van der Waals surface area contributed by atoms with Crippen molar-refractivity contribution in [3.05, 3.63) is 28.5 Å². The van der Waals surface area contributed by atoms with Crippen LogP contribution in [0.15, 0.2) is 22.7 Å². The largest absolute Gasteiger partial charge is 0.480 e. The van der Waals surface area contributed by atoms with Gasteiger partial charge >= 0.3 is 5.97 Å². The molecule has 2 atom stereocenters. The van der Waals surface area contributed by atoms with Gasteiger partial charge in [0.1, 0.15) is 17.6 Å². The Morgan fingerprint density at radius 2 is 2.05 bits per heavy atom. The Labute approximate surface area is 136 Å². The van der Waals surface area contributed by atoms with Crippen molar-refractivity contribution < 1.29 is 23.8 Å². The first-order valence-electron chi connectivity index (χ1n) is 6.98. The van der Waals surface area contributed by atoms with Crippen molar-refractivity contribution in [3.8, 4) is 5.75 Å². The number of carboxylic acid groups (broad SMARTS) is 1. The quantitative estimate of drug-likeness (QED) is 0.832. The second-order valence-corrected chi connectivity index (χ2v) is 6.18. The number of nitrogens with zero attached hydrogens (tertiary/aromatic N) is 1. The molecule has 1 aromatic rings. The van der Waals surface area contributed by atoms with Crippen molar-refractivity contribution in [2.45, 2.75) is 44.9 Å². The van der Waals surface area contributed by atoms with E-state index in [4.69, 9.17) is 9.84 Å². The molecule has 1 aliphatic rings. The summed E-state index contributed by atoms with van der Waals surface area (Å²) < 4.78 is 19.0. The number of carbonyl (C=O) groups is 2. The van der Waals surface area contributed by atoms with Gasteiger partial charge in [-0.05, 0) is 60.8 Å². The number of hydrogen-bond donors (Lipinski definition) is 1. The fourth-order valence-corrected chi connectivity index (χ4v) is 2.62. The van der Waals surface area contributed by atoms with E-state index in [-0.39, 0.29) is 11.9 Å². The van der Waals surface area contributed by atoms with Crippen LogP contribution in [-0.2, 0) is 9.59 Å². The first kappa shape index (κ1) is 16.7. The van der Waals surface area contributed by atoms with Crippen LogP contribution >= 0.6 is 15.9 Å². The van der Waals surface area contributed by atoms with E-state index in [9.17, 15) is 14.0 Å². The van der Waals surface area contributed by atoms with Gasteiger partial charge in [-0.1, -0.05) is 0 Å². The zero-order valence-corrected chi connectivity index (χ0v) is 13.8. The molecular formula is C15H17BrFNO4. The minimum atomic E-state index is -1.05. The lowest BCUT2D eigenvalue weighted by Crippen LogP contribution is -2.49. The third-order valence-corrected chi connectivity index (χ3v) is 4.13. The summed E-state index contributed by atoms with van der Waals surface area (Å²) in [6, 6.07) is 2.95. The predicted octanol–water partition coefficient (Wildman–Crippen LogP) is 2.82. The summed E-state index contributed by atoms with van der Waals surface area (Å²) in [5.74, 6) is -1.51. The maximum atomic E-state index is 13.1. The molecule has 1 fully saturated rings. The highest BCUT2D eigenvalue weighted by molar-refractivity contribution is 9.10. The molecule has 0 spiro atoms. The molecule has 2 rings (SSSR count). The number of carbonyl (C=O) groups excluding carboxylic acids is 1. The molecule has 0 aromatic heterocycles. The summed E-state index contributed by atoms with van der Waals surface area (Å²) in [4.78, 5) is 25.0. The Balaban J connectivity index is 2.11. The van der Waals surface area contributed by atoms with E-state index in [1.165, 1.54) is 30.0 Å². The minimum absolute atomic E-state index is 0.0405. The summed E-state index contributed by atoms with van der Waals surface area (Å²) in [5.41, 5.74) is 0. The second-order valence-electron chi connectivity index (χ2n) is 5.33. The van der Waals surface area contributed by atoms with Gasteiger partial charge in [0, 0.05) is 6.04 Å². The highest BCUT2D eigenvalue weighted by Crippen LogP contribution is 2.31. The number of aliphatic carboxylic acids is 1. The van der Waals surface area contributed by atoms with E-state index in [2.05, 4.69) is 15.9 Å². The molecular weight excluding hydrogens is 357 g/mol. The number of carboxylic acids is 1. The van der Waals surface area contributed by atoms with Crippen molar-refractivity contribution in [2.24, 2.45) is 0 Å². The maximum Gasteiger partial charge on any atom is 0.326 e. The van der Waals surface area contributed by atoms with Gasteiger partial charge in [-0.2, -0.15) is 0 Å². The van der Waals surface area contributed by atoms with Crippen LogP contribution in [0, 0.1) is 5.82 Å². The molecule has 0 aliphatic heterocycles. The van der Waals surface area contributed by atoms with E-state index in [1.807, 2.05) is 0 Å². The van der Waals surface area contributed by atoms with Gasteiger partial charge in [0.05, 0.1) is 4.47 Å². The van der Waals surface area contributed by atoms with Crippen LogP contribution in [0.25, 0.3) is 0 Å². The van der Waals surface area contributed by atoms with Crippen LogP contribution in [-0.4, -0.2) is 40.1 Å². The molecule has 1 aromatic carbocycles. The number of ether oxygens (including phenoxy) is 1. The van der Waals surface area contributed by atoms with Gasteiger partial charge in [-0.15, -0.1) is 0 Å². The average molecular weight is 374 g/mol. The van der Waals surface area contributed by atoms with Crippen LogP contribution in [0.1, 0.15) is 26.7 Å². The highest BCUT2D eigenvalue weighted by atomic mass is 79.9. The van der Waals surface area contributed by atoms with Crippen LogP contribution in [0.3, 0.4) is 0 Å². The third-order valence-electron chi connectivity index (χ3n) is 3.51. The normalized spacial score (nSPS) is 16.7. The molecule has 0 heterocycles. The van der Waals surface area contributed by atoms with E-state index in [0.29, 0.717) is 10.2 Å². The Kier molecular flexibility index (Phi) is 5.05. The third kappa shape index (κ3) is 3.76. The Morgan fingerprint density at radius 1 is 1.41 bits per heavy atom. The van der Waals surface area contributed by atoms with Gasteiger partial charge in [0.2, 0.25) is 0 Å². The summed E-state index contributed by atoms with van der Waals surface area (Å²) >= 11 is 3.17. The molecule has 22 heavy (non-hydrogen) atoms.